The first kappa shape index (κ1) is 20.8. The number of rotatable bonds is 5. The summed E-state index contributed by atoms with van der Waals surface area (Å²) in [6.07, 6.45) is 1.44. The van der Waals surface area contributed by atoms with Crippen LogP contribution in [-0.2, 0) is 4.74 Å². The normalized spacial score (nSPS) is 17.4. The van der Waals surface area contributed by atoms with Gasteiger partial charge in [-0.05, 0) is 49.2 Å². The summed E-state index contributed by atoms with van der Waals surface area (Å²) in [5.41, 5.74) is 4.63. The van der Waals surface area contributed by atoms with E-state index in [2.05, 4.69) is 51.2 Å². The molecule has 1 aromatic heterocycles. The van der Waals surface area contributed by atoms with Crippen molar-refractivity contribution in [2.75, 3.05) is 49.6 Å². The minimum absolute atomic E-state index is 0.277. The highest BCUT2D eigenvalue weighted by Crippen LogP contribution is 2.29. The molecule has 2 aliphatic rings. The zero-order valence-electron chi connectivity index (χ0n) is 18.2. The number of aromatic nitrogens is 3. The summed E-state index contributed by atoms with van der Waals surface area (Å²) in [6, 6.07) is 8.16. The van der Waals surface area contributed by atoms with E-state index < -0.39 is 11.6 Å². The SMILES string of the molecule is Cc1cc(N2CCN(C3COC3)CC2)cc(Nc2ncn(-c3cc(F)cc(F)c3)n2)c1C. The predicted molar refractivity (Wildman–Crippen MR) is 119 cm³/mol. The summed E-state index contributed by atoms with van der Waals surface area (Å²) in [5.74, 6) is -0.952. The third-order valence-corrected chi connectivity index (χ3v) is 6.32. The minimum atomic E-state index is -0.658. The van der Waals surface area contributed by atoms with E-state index in [1.54, 1.807) is 0 Å². The van der Waals surface area contributed by atoms with E-state index in [0.29, 0.717) is 12.0 Å². The van der Waals surface area contributed by atoms with E-state index in [1.165, 1.54) is 28.7 Å². The number of nitrogens with one attached hydrogen (secondary N) is 1. The second-order valence-corrected chi connectivity index (χ2v) is 8.41. The van der Waals surface area contributed by atoms with Gasteiger partial charge >= 0.3 is 0 Å². The fraction of sp³-hybridized carbons (Fsp3) is 0.391. The highest BCUT2D eigenvalue weighted by atomic mass is 19.1. The third kappa shape index (κ3) is 4.18. The van der Waals surface area contributed by atoms with Crippen LogP contribution in [-0.4, -0.2) is 65.1 Å². The average molecular weight is 440 g/mol. The van der Waals surface area contributed by atoms with Crippen LogP contribution in [0.3, 0.4) is 0 Å². The Labute approximate surface area is 185 Å². The van der Waals surface area contributed by atoms with Crippen molar-refractivity contribution in [2.45, 2.75) is 19.9 Å². The Kier molecular flexibility index (Phi) is 5.52. The van der Waals surface area contributed by atoms with Gasteiger partial charge in [0.1, 0.15) is 18.0 Å². The summed E-state index contributed by atoms with van der Waals surface area (Å²) in [6.45, 7) is 9.83. The van der Waals surface area contributed by atoms with E-state index in [1.807, 2.05) is 0 Å². The second-order valence-electron chi connectivity index (χ2n) is 8.41. The topological polar surface area (TPSA) is 58.5 Å². The van der Waals surface area contributed by atoms with Crippen LogP contribution in [0.1, 0.15) is 11.1 Å². The molecule has 3 aromatic rings. The average Bonchev–Trinajstić information content (AvgIpc) is 3.18. The minimum Gasteiger partial charge on any atom is -0.378 e. The van der Waals surface area contributed by atoms with Crippen LogP contribution < -0.4 is 10.2 Å². The Morgan fingerprint density at radius 2 is 1.66 bits per heavy atom. The number of piperazine rings is 1. The number of hydrogen-bond donors (Lipinski definition) is 1. The number of aryl methyl sites for hydroxylation is 1. The number of nitrogens with zero attached hydrogens (tertiary/aromatic N) is 5. The van der Waals surface area contributed by atoms with Crippen molar-refractivity contribution in [1.82, 2.24) is 19.7 Å². The molecule has 9 heteroatoms. The van der Waals surface area contributed by atoms with Gasteiger partial charge in [0.25, 0.3) is 0 Å². The number of hydrogen-bond acceptors (Lipinski definition) is 6. The van der Waals surface area contributed by atoms with Gasteiger partial charge in [0, 0.05) is 43.6 Å². The summed E-state index contributed by atoms with van der Waals surface area (Å²) < 4.78 is 33.8. The molecule has 1 N–H and O–H groups in total. The molecular weight excluding hydrogens is 414 g/mol. The van der Waals surface area contributed by atoms with Crippen molar-refractivity contribution in [3.05, 3.63) is 59.4 Å². The lowest BCUT2D eigenvalue weighted by atomic mass is 10.1. The van der Waals surface area contributed by atoms with Crippen molar-refractivity contribution in [2.24, 2.45) is 0 Å². The summed E-state index contributed by atoms with van der Waals surface area (Å²) >= 11 is 0. The summed E-state index contributed by atoms with van der Waals surface area (Å²) in [7, 11) is 0. The maximum Gasteiger partial charge on any atom is 0.246 e. The summed E-state index contributed by atoms with van der Waals surface area (Å²) in [4.78, 5) is 9.17. The van der Waals surface area contributed by atoms with Crippen molar-refractivity contribution in [1.29, 1.82) is 0 Å². The molecule has 0 unspecified atom stereocenters. The molecule has 0 bridgehead atoms. The molecule has 2 saturated heterocycles. The predicted octanol–water partition coefficient (Wildman–Crippen LogP) is 3.43. The van der Waals surface area contributed by atoms with Gasteiger partial charge in [-0.1, -0.05) is 0 Å². The van der Waals surface area contributed by atoms with Crippen LogP contribution in [0.25, 0.3) is 5.69 Å². The first-order valence-corrected chi connectivity index (χ1v) is 10.8. The summed E-state index contributed by atoms with van der Waals surface area (Å²) in [5, 5.41) is 7.62. The maximum absolute atomic E-state index is 13.5. The van der Waals surface area contributed by atoms with Crippen LogP contribution in [0.2, 0.25) is 0 Å². The monoisotopic (exact) mass is 440 g/mol. The molecule has 168 valence electrons. The third-order valence-electron chi connectivity index (χ3n) is 6.32. The van der Waals surface area contributed by atoms with Gasteiger partial charge in [-0.2, -0.15) is 4.98 Å². The lowest BCUT2D eigenvalue weighted by Gasteiger charge is -2.43. The molecule has 0 aliphatic carbocycles. The fourth-order valence-electron chi connectivity index (χ4n) is 4.17. The van der Waals surface area contributed by atoms with E-state index in [-0.39, 0.29) is 5.69 Å². The Morgan fingerprint density at radius 3 is 2.31 bits per heavy atom. The molecule has 0 radical (unpaired) electrons. The molecule has 7 nitrogen and oxygen atoms in total. The lowest BCUT2D eigenvalue weighted by Crippen LogP contribution is -2.56. The van der Waals surface area contributed by atoms with Gasteiger partial charge in [0.05, 0.1) is 24.9 Å². The Bertz CT molecular complexity index is 1100. The van der Waals surface area contributed by atoms with Gasteiger partial charge in [0.2, 0.25) is 5.95 Å². The molecule has 0 saturated carbocycles. The zero-order chi connectivity index (χ0) is 22.2. The Morgan fingerprint density at radius 1 is 0.938 bits per heavy atom. The van der Waals surface area contributed by atoms with Crippen LogP contribution >= 0.6 is 0 Å². The van der Waals surface area contributed by atoms with E-state index >= 15 is 0 Å². The maximum atomic E-state index is 13.5. The van der Waals surface area contributed by atoms with Crippen LogP contribution in [0.4, 0.5) is 26.1 Å². The van der Waals surface area contributed by atoms with Crippen molar-refractivity contribution < 1.29 is 13.5 Å². The molecule has 2 aliphatic heterocycles. The first-order valence-electron chi connectivity index (χ1n) is 10.8. The molecule has 2 aromatic carbocycles. The molecule has 0 amide bonds. The van der Waals surface area contributed by atoms with Gasteiger partial charge in [0.15, 0.2) is 0 Å². The molecule has 0 spiro atoms. The molecule has 5 rings (SSSR count). The standard InChI is InChI=1S/C23H26F2N6O/c1-15-7-19(29-3-5-30(6-4-29)21-12-32-13-21)11-22(16(15)2)27-23-26-14-31(28-23)20-9-17(24)8-18(25)10-20/h7-11,14,21H,3-6,12-13H2,1-2H3,(H,27,28). The largest absolute Gasteiger partial charge is 0.378 e. The molecule has 32 heavy (non-hydrogen) atoms. The highest BCUT2D eigenvalue weighted by molar-refractivity contribution is 5.68. The molecular formula is C23H26F2N6O. The van der Waals surface area contributed by atoms with Gasteiger partial charge < -0.3 is 15.0 Å². The van der Waals surface area contributed by atoms with Crippen LogP contribution in [0.15, 0.2) is 36.7 Å². The van der Waals surface area contributed by atoms with Gasteiger partial charge in [-0.15, -0.1) is 5.10 Å². The van der Waals surface area contributed by atoms with Crippen LogP contribution in [0.5, 0.6) is 0 Å². The quantitative estimate of drug-likeness (QED) is 0.656. The van der Waals surface area contributed by atoms with Gasteiger partial charge in [-0.3, -0.25) is 4.90 Å². The zero-order valence-corrected chi connectivity index (χ0v) is 18.2. The van der Waals surface area contributed by atoms with Crippen molar-refractivity contribution in [3.8, 4) is 5.69 Å². The van der Waals surface area contributed by atoms with Crippen molar-refractivity contribution in [3.63, 3.8) is 0 Å². The fourth-order valence-corrected chi connectivity index (χ4v) is 4.17. The number of halogens is 2. The smallest absolute Gasteiger partial charge is 0.246 e. The highest BCUT2D eigenvalue weighted by Gasteiger charge is 2.29. The molecule has 3 heterocycles. The second kappa shape index (κ2) is 8.48. The van der Waals surface area contributed by atoms with E-state index in [9.17, 15) is 8.78 Å². The lowest BCUT2D eigenvalue weighted by molar-refractivity contribution is -0.0660. The van der Waals surface area contributed by atoms with Crippen molar-refractivity contribution >= 4 is 17.3 Å². The number of benzene rings is 2. The Balaban J connectivity index is 1.33. The van der Waals surface area contributed by atoms with E-state index in [0.717, 1.165) is 62.4 Å². The molecule has 2 fully saturated rings. The molecule has 0 atom stereocenters. The Hall–Kier alpha value is -3.04. The number of ether oxygens (including phenoxy) is 1. The first-order chi connectivity index (χ1) is 15.5. The van der Waals surface area contributed by atoms with Gasteiger partial charge in [-0.25, -0.2) is 13.5 Å². The van der Waals surface area contributed by atoms with E-state index in [4.69, 9.17) is 4.74 Å². The number of anilines is 3. The van der Waals surface area contributed by atoms with Crippen LogP contribution in [0, 0.1) is 25.5 Å².